The standard InChI is InChI=1S/C55H49BN2S2/c1-34-27-49-53-50(28-34)58(40-14-12-13-35(29-40)43-32-59-51-17-10-8-15-41(43)51)48-30-36(44-33-60-52-18-11-9-16-42(44)52)19-25-45(48)56(53)46-31-38(55(5,6)7)22-26-47(46)57(49)39-23-20-37(21-24-39)54(2,3)4/h8-33,42,52H,1-7H3. The van der Waals surface area contributed by atoms with Gasteiger partial charge in [-0.2, -0.15) is 0 Å². The van der Waals surface area contributed by atoms with E-state index in [2.05, 4.69) is 215 Å². The summed E-state index contributed by atoms with van der Waals surface area (Å²) in [5, 5.41) is 6.50. The Labute approximate surface area is 364 Å². The average Bonchev–Trinajstić information content (AvgIpc) is 3.88. The van der Waals surface area contributed by atoms with Crippen molar-refractivity contribution in [1.29, 1.82) is 0 Å². The van der Waals surface area contributed by atoms with Crippen LogP contribution in [-0.2, 0) is 10.8 Å². The summed E-state index contributed by atoms with van der Waals surface area (Å²) in [5.74, 6) is 0.370. The highest BCUT2D eigenvalue weighted by Gasteiger charge is 2.44. The van der Waals surface area contributed by atoms with E-state index in [0.717, 1.165) is 0 Å². The highest BCUT2D eigenvalue weighted by atomic mass is 32.2. The number of hydrogen-bond donors (Lipinski definition) is 0. The predicted octanol–water partition coefficient (Wildman–Crippen LogP) is 13.8. The van der Waals surface area contributed by atoms with Gasteiger partial charge in [-0.15, -0.1) is 23.1 Å². The minimum Gasteiger partial charge on any atom is -0.311 e. The van der Waals surface area contributed by atoms with E-state index in [1.165, 1.54) is 99.6 Å². The molecule has 0 amide bonds. The summed E-state index contributed by atoms with van der Waals surface area (Å²) < 4.78 is 1.32. The maximum absolute atomic E-state index is 2.59. The van der Waals surface area contributed by atoms with E-state index in [4.69, 9.17) is 0 Å². The van der Waals surface area contributed by atoms with Crippen molar-refractivity contribution in [3.8, 4) is 11.1 Å². The largest absolute Gasteiger partial charge is 0.311 e. The van der Waals surface area contributed by atoms with Gasteiger partial charge in [0.05, 0.1) is 0 Å². The van der Waals surface area contributed by atoms with Gasteiger partial charge in [-0.1, -0.05) is 133 Å². The van der Waals surface area contributed by atoms with Crippen molar-refractivity contribution in [2.45, 2.75) is 64.5 Å². The number of fused-ring (bicyclic) bond motifs is 6. The van der Waals surface area contributed by atoms with Crippen molar-refractivity contribution < 1.29 is 0 Å². The van der Waals surface area contributed by atoms with Crippen LogP contribution in [0.25, 0.3) is 26.8 Å². The van der Waals surface area contributed by atoms with E-state index in [1.54, 1.807) is 0 Å². The van der Waals surface area contributed by atoms with Crippen LogP contribution in [0.1, 0.15) is 63.8 Å². The Kier molecular flexibility index (Phi) is 8.61. The predicted molar refractivity (Wildman–Crippen MR) is 265 cm³/mol. The molecule has 0 radical (unpaired) electrons. The number of thiophene rings is 1. The molecule has 4 aliphatic rings. The first-order valence-corrected chi connectivity index (χ1v) is 23.2. The van der Waals surface area contributed by atoms with Gasteiger partial charge >= 0.3 is 0 Å². The smallest absolute Gasteiger partial charge is 0.252 e. The molecule has 3 aliphatic heterocycles. The fraction of sp³-hybridized carbons (Fsp3) is 0.200. The highest BCUT2D eigenvalue weighted by molar-refractivity contribution is 8.03. The fourth-order valence-corrected chi connectivity index (χ4v) is 12.1. The molecular formula is C55H49BN2S2. The summed E-state index contributed by atoms with van der Waals surface area (Å²) in [6, 6.07) is 47.0. The summed E-state index contributed by atoms with van der Waals surface area (Å²) in [5.41, 5.74) is 20.7. The third kappa shape index (κ3) is 5.99. The lowest BCUT2D eigenvalue weighted by atomic mass is 9.33. The van der Waals surface area contributed by atoms with Crippen molar-refractivity contribution in [2.24, 2.45) is 5.92 Å². The van der Waals surface area contributed by atoms with Crippen molar-refractivity contribution >= 4 is 96.0 Å². The van der Waals surface area contributed by atoms with Gasteiger partial charge in [-0.25, -0.2) is 0 Å². The summed E-state index contributed by atoms with van der Waals surface area (Å²) in [4.78, 5) is 5.14. The Morgan fingerprint density at radius 1 is 0.583 bits per heavy atom. The van der Waals surface area contributed by atoms with E-state index < -0.39 is 0 Å². The van der Waals surface area contributed by atoms with Gasteiger partial charge < -0.3 is 9.80 Å². The summed E-state index contributed by atoms with van der Waals surface area (Å²) in [6.45, 7) is 16.2. The molecule has 1 aliphatic carbocycles. The molecule has 2 unspecified atom stereocenters. The third-order valence-electron chi connectivity index (χ3n) is 13.1. The summed E-state index contributed by atoms with van der Waals surface area (Å²) in [6.07, 6.45) is 9.17. The van der Waals surface area contributed by atoms with Gasteiger partial charge in [0.1, 0.15) is 0 Å². The molecule has 60 heavy (non-hydrogen) atoms. The van der Waals surface area contributed by atoms with Crippen molar-refractivity contribution in [2.75, 3.05) is 9.80 Å². The minimum absolute atomic E-state index is 0.00459. The number of benzene rings is 6. The molecule has 0 N–H and O–H groups in total. The van der Waals surface area contributed by atoms with Gasteiger partial charge in [-0.05, 0) is 133 Å². The number of nitrogens with zero attached hydrogens (tertiary/aromatic N) is 2. The number of hydrogen-bond acceptors (Lipinski definition) is 4. The molecule has 1 aromatic heterocycles. The van der Waals surface area contributed by atoms with Crippen LogP contribution in [-0.4, -0.2) is 12.0 Å². The average molecular weight is 813 g/mol. The fourth-order valence-electron chi connectivity index (χ4n) is 9.95. The molecule has 0 saturated carbocycles. The zero-order valence-electron chi connectivity index (χ0n) is 35.5. The van der Waals surface area contributed by atoms with Gasteiger partial charge in [0.25, 0.3) is 6.71 Å². The van der Waals surface area contributed by atoms with Crippen LogP contribution >= 0.6 is 23.1 Å². The Bertz CT molecular complexity index is 2970. The molecule has 6 aromatic carbocycles. The molecule has 0 bridgehead atoms. The topological polar surface area (TPSA) is 6.48 Å². The molecular weight excluding hydrogens is 764 g/mol. The van der Waals surface area contributed by atoms with Crippen LogP contribution < -0.4 is 26.2 Å². The second-order valence-electron chi connectivity index (χ2n) is 19.1. The lowest BCUT2D eigenvalue weighted by Crippen LogP contribution is -2.61. The molecule has 2 atom stereocenters. The van der Waals surface area contributed by atoms with Crippen LogP contribution in [0.3, 0.4) is 0 Å². The molecule has 294 valence electrons. The molecule has 11 rings (SSSR count). The zero-order chi connectivity index (χ0) is 41.1. The Hall–Kier alpha value is -5.49. The SMILES string of the molecule is Cc1cc2c3c(c1)N(c1cccc(-c4csc5ccccc45)c1)c1cc(C4=CSC5C=CC=CC45)ccc1B3c1cc(C(C)(C)C)ccc1N2c1ccc(C(C)(C)C)cc1. The van der Waals surface area contributed by atoms with Crippen LogP contribution in [0.2, 0.25) is 0 Å². The molecule has 0 fully saturated rings. The second-order valence-corrected chi connectivity index (χ2v) is 21.0. The van der Waals surface area contributed by atoms with Gasteiger partial charge in [-0.3, -0.25) is 0 Å². The van der Waals surface area contributed by atoms with Gasteiger partial charge in [0, 0.05) is 60.9 Å². The normalized spacial score (nSPS) is 17.7. The highest BCUT2D eigenvalue weighted by Crippen LogP contribution is 2.49. The number of thioether (sulfide) groups is 1. The Balaban J connectivity index is 1.18. The first-order valence-electron chi connectivity index (χ1n) is 21.3. The maximum atomic E-state index is 2.59. The van der Waals surface area contributed by atoms with Crippen LogP contribution in [0, 0.1) is 12.8 Å². The lowest BCUT2D eigenvalue weighted by Gasteiger charge is -2.45. The monoisotopic (exact) mass is 812 g/mol. The first-order chi connectivity index (χ1) is 28.9. The number of anilines is 6. The van der Waals surface area contributed by atoms with E-state index >= 15 is 0 Å². The minimum atomic E-state index is -0.00459. The van der Waals surface area contributed by atoms with Gasteiger partial charge in [0.15, 0.2) is 0 Å². The maximum Gasteiger partial charge on any atom is 0.252 e. The molecule has 2 nitrogen and oxygen atoms in total. The van der Waals surface area contributed by atoms with Crippen molar-refractivity contribution in [3.05, 3.63) is 179 Å². The summed E-state index contributed by atoms with van der Waals surface area (Å²) in [7, 11) is 0. The molecule has 5 heteroatoms. The van der Waals surface area contributed by atoms with Crippen LogP contribution in [0.5, 0.6) is 0 Å². The molecule has 0 spiro atoms. The molecule has 0 saturated heterocycles. The van der Waals surface area contributed by atoms with Crippen molar-refractivity contribution in [3.63, 3.8) is 0 Å². The Morgan fingerprint density at radius 3 is 2.10 bits per heavy atom. The second kappa shape index (κ2) is 13.8. The number of aryl methyl sites for hydroxylation is 1. The van der Waals surface area contributed by atoms with E-state index in [-0.39, 0.29) is 17.5 Å². The number of allylic oxidation sites excluding steroid dienone is 4. The number of rotatable bonds is 4. The summed E-state index contributed by atoms with van der Waals surface area (Å²) >= 11 is 3.77. The van der Waals surface area contributed by atoms with Crippen molar-refractivity contribution in [1.82, 2.24) is 0 Å². The third-order valence-corrected chi connectivity index (χ3v) is 15.2. The van der Waals surface area contributed by atoms with Gasteiger partial charge in [0.2, 0.25) is 0 Å². The van der Waals surface area contributed by atoms with Crippen LogP contribution in [0.15, 0.2) is 156 Å². The first kappa shape index (κ1) is 37.5. The molecule has 7 aromatic rings. The van der Waals surface area contributed by atoms with E-state index in [9.17, 15) is 0 Å². The lowest BCUT2D eigenvalue weighted by molar-refractivity contribution is 0.590. The van der Waals surface area contributed by atoms with E-state index in [1.807, 2.05) is 23.1 Å². The molecule has 4 heterocycles. The zero-order valence-corrected chi connectivity index (χ0v) is 37.1. The Morgan fingerprint density at radius 2 is 1.32 bits per heavy atom. The van der Waals surface area contributed by atoms with E-state index in [0.29, 0.717) is 11.2 Å². The quantitative estimate of drug-likeness (QED) is 0.163. The van der Waals surface area contributed by atoms with Crippen LogP contribution in [0.4, 0.5) is 34.1 Å².